The van der Waals surface area contributed by atoms with Crippen molar-refractivity contribution in [2.75, 3.05) is 18.5 Å². The minimum absolute atomic E-state index is 0.0226. The van der Waals surface area contributed by atoms with Crippen LogP contribution >= 0.6 is 0 Å². The summed E-state index contributed by atoms with van der Waals surface area (Å²) in [6.07, 6.45) is -0.0226. The Kier molecular flexibility index (Phi) is 7.08. The van der Waals surface area contributed by atoms with Gasteiger partial charge in [0.05, 0.1) is 18.0 Å². The molecular weight excluding hydrogens is 364 g/mol. The molecule has 0 unspecified atom stereocenters. The van der Waals surface area contributed by atoms with E-state index in [1.165, 1.54) is 12.1 Å². The number of hydrogen-bond acceptors (Lipinski definition) is 6. The summed E-state index contributed by atoms with van der Waals surface area (Å²) in [5.74, 6) is -0.557. The molecule has 1 N–H and O–H groups in total. The summed E-state index contributed by atoms with van der Waals surface area (Å²) in [7, 11) is 0. The third-order valence-corrected chi connectivity index (χ3v) is 3.98. The Morgan fingerprint density at radius 2 is 1.86 bits per heavy atom. The second-order valence-corrected chi connectivity index (χ2v) is 6.30. The highest BCUT2D eigenvalue weighted by Crippen LogP contribution is 2.27. The molecule has 0 heterocycles. The van der Waals surface area contributed by atoms with Gasteiger partial charge in [-0.15, -0.1) is 0 Å². The summed E-state index contributed by atoms with van der Waals surface area (Å²) in [5.41, 5.74) is 2.41. The van der Waals surface area contributed by atoms with Gasteiger partial charge in [0, 0.05) is 6.07 Å². The SMILES string of the molecule is Cc1ccc(C)c(OCCC(=O)OCC(=O)Nc2c(C)cccc2[N+](=O)[O-])c1. The number of esters is 1. The van der Waals surface area contributed by atoms with Crippen molar-refractivity contribution >= 4 is 23.3 Å². The van der Waals surface area contributed by atoms with Crippen molar-refractivity contribution in [2.45, 2.75) is 27.2 Å². The van der Waals surface area contributed by atoms with Crippen LogP contribution in [-0.4, -0.2) is 30.0 Å². The molecule has 2 aromatic rings. The molecule has 0 aromatic heterocycles. The highest BCUT2D eigenvalue weighted by atomic mass is 16.6. The molecule has 8 nitrogen and oxygen atoms in total. The number of amides is 1. The molecule has 0 aliphatic heterocycles. The van der Waals surface area contributed by atoms with E-state index in [0.29, 0.717) is 11.3 Å². The number of aryl methyl sites for hydroxylation is 3. The number of ether oxygens (including phenoxy) is 2. The number of benzene rings is 2. The lowest BCUT2D eigenvalue weighted by atomic mass is 10.1. The average molecular weight is 386 g/mol. The van der Waals surface area contributed by atoms with Gasteiger partial charge in [-0.2, -0.15) is 0 Å². The Bertz CT molecular complexity index is 894. The first kappa shape index (κ1) is 20.9. The average Bonchev–Trinajstić information content (AvgIpc) is 2.64. The van der Waals surface area contributed by atoms with Crippen LogP contribution in [0.3, 0.4) is 0 Å². The van der Waals surface area contributed by atoms with Crippen molar-refractivity contribution in [3.05, 3.63) is 63.2 Å². The van der Waals surface area contributed by atoms with E-state index in [0.717, 1.165) is 11.1 Å². The van der Waals surface area contributed by atoms with Crippen molar-refractivity contribution in [1.29, 1.82) is 0 Å². The van der Waals surface area contributed by atoms with E-state index in [2.05, 4.69) is 5.32 Å². The van der Waals surface area contributed by atoms with E-state index in [9.17, 15) is 19.7 Å². The van der Waals surface area contributed by atoms with Crippen LogP contribution in [-0.2, 0) is 14.3 Å². The van der Waals surface area contributed by atoms with Crippen molar-refractivity contribution in [3.8, 4) is 5.75 Å². The molecule has 0 saturated carbocycles. The maximum atomic E-state index is 12.0. The topological polar surface area (TPSA) is 108 Å². The van der Waals surface area contributed by atoms with Crippen molar-refractivity contribution < 1.29 is 24.0 Å². The van der Waals surface area contributed by atoms with E-state index in [1.54, 1.807) is 13.0 Å². The maximum Gasteiger partial charge on any atom is 0.309 e. The largest absolute Gasteiger partial charge is 0.493 e. The molecule has 1 amide bonds. The predicted octanol–water partition coefficient (Wildman–Crippen LogP) is 3.47. The number of carbonyl (C=O) groups excluding carboxylic acids is 2. The van der Waals surface area contributed by atoms with Gasteiger partial charge in [-0.25, -0.2) is 0 Å². The van der Waals surface area contributed by atoms with Crippen molar-refractivity contribution in [1.82, 2.24) is 0 Å². The van der Waals surface area contributed by atoms with Crippen molar-refractivity contribution in [2.24, 2.45) is 0 Å². The van der Waals surface area contributed by atoms with Crippen LogP contribution in [0.1, 0.15) is 23.1 Å². The van der Waals surface area contributed by atoms with Crippen LogP contribution in [0.15, 0.2) is 36.4 Å². The molecule has 0 saturated heterocycles. The van der Waals surface area contributed by atoms with Gasteiger partial charge in [-0.1, -0.05) is 24.3 Å². The number of nitrogens with one attached hydrogen (secondary N) is 1. The number of anilines is 1. The van der Waals surface area contributed by atoms with Gasteiger partial charge in [-0.05, 0) is 43.5 Å². The first-order chi connectivity index (χ1) is 13.3. The van der Waals surface area contributed by atoms with Gasteiger partial charge in [0.15, 0.2) is 6.61 Å². The molecule has 28 heavy (non-hydrogen) atoms. The molecule has 0 radical (unpaired) electrons. The zero-order chi connectivity index (χ0) is 20.7. The van der Waals surface area contributed by atoms with Gasteiger partial charge < -0.3 is 14.8 Å². The number of nitro benzene ring substituents is 1. The molecule has 0 spiro atoms. The smallest absolute Gasteiger partial charge is 0.309 e. The maximum absolute atomic E-state index is 12.0. The quantitative estimate of drug-likeness (QED) is 0.423. The Labute approximate surface area is 162 Å². The Morgan fingerprint density at radius 1 is 1.11 bits per heavy atom. The van der Waals surface area contributed by atoms with Gasteiger partial charge in [0.2, 0.25) is 0 Å². The second kappa shape index (κ2) is 9.50. The van der Waals surface area contributed by atoms with Gasteiger partial charge in [-0.3, -0.25) is 19.7 Å². The summed E-state index contributed by atoms with van der Waals surface area (Å²) in [5, 5.41) is 13.5. The van der Waals surface area contributed by atoms with Crippen molar-refractivity contribution in [3.63, 3.8) is 0 Å². The number of para-hydroxylation sites is 1. The number of rotatable bonds is 8. The van der Waals surface area contributed by atoms with Gasteiger partial charge in [0.1, 0.15) is 11.4 Å². The number of hydrogen-bond donors (Lipinski definition) is 1. The lowest BCUT2D eigenvalue weighted by molar-refractivity contribution is -0.384. The zero-order valence-electron chi connectivity index (χ0n) is 16.0. The molecule has 0 bridgehead atoms. The molecule has 2 aromatic carbocycles. The van der Waals surface area contributed by atoms with Crippen LogP contribution in [0.5, 0.6) is 5.75 Å². The summed E-state index contributed by atoms with van der Waals surface area (Å²) in [6, 6.07) is 10.2. The molecule has 8 heteroatoms. The lowest BCUT2D eigenvalue weighted by Gasteiger charge is -2.11. The third kappa shape index (κ3) is 5.80. The van der Waals surface area contributed by atoms with E-state index < -0.39 is 23.4 Å². The van der Waals surface area contributed by atoms with Gasteiger partial charge >= 0.3 is 5.97 Å². The monoisotopic (exact) mass is 386 g/mol. The van der Waals surface area contributed by atoms with E-state index in [-0.39, 0.29) is 24.4 Å². The molecular formula is C20H22N2O6. The highest BCUT2D eigenvalue weighted by Gasteiger charge is 2.18. The van der Waals surface area contributed by atoms with E-state index >= 15 is 0 Å². The number of nitro groups is 1. The van der Waals surface area contributed by atoms with Crippen LogP contribution in [0.2, 0.25) is 0 Å². The molecule has 2 rings (SSSR count). The molecule has 148 valence electrons. The molecule has 0 aliphatic carbocycles. The Hall–Kier alpha value is -3.42. The standard InChI is InChI=1S/C20H22N2O6/c1-13-7-8-14(2)17(11-13)27-10-9-19(24)28-12-18(23)21-20-15(3)5-4-6-16(20)22(25)26/h4-8,11H,9-10,12H2,1-3H3,(H,21,23). The molecule has 0 atom stereocenters. The van der Waals surface area contributed by atoms with E-state index in [1.807, 2.05) is 32.0 Å². The fourth-order valence-corrected chi connectivity index (χ4v) is 2.47. The fraction of sp³-hybridized carbons (Fsp3) is 0.300. The van der Waals surface area contributed by atoms with Crippen LogP contribution < -0.4 is 10.1 Å². The Balaban J connectivity index is 1.81. The summed E-state index contributed by atoms with van der Waals surface area (Å²) < 4.78 is 10.5. The van der Waals surface area contributed by atoms with Crippen LogP contribution in [0, 0.1) is 30.9 Å². The fourth-order valence-electron chi connectivity index (χ4n) is 2.47. The number of nitrogens with zero attached hydrogens (tertiary/aromatic N) is 1. The van der Waals surface area contributed by atoms with Crippen LogP contribution in [0.25, 0.3) is 0 Å². The summed E-state index contributed by atoms with van der Waals surface area (Å²) in [6.45, 7) is 5.07. The summed E-state index contributed by atoms with van der Waals surface area (Å²) in [4.78, 5) is 34.2. The molecule has 0 fully saturated rings. The first-order valence-corrected chi connectivity index (χ1v) is 8.67. The zero-order valence-corrected chi connectivity index (χ0v) is 16.0. The minimum Gasteiger partial charge on any atom is -0.493 e. The lowest BCUT2D eigenvalue weighted by Crippen LogP contribution is -2.22. The first-order valence-electron chi connectivity index (χ1n) is 8.67. The number of carbonyl (C=O) groups is 2. The Morgan fingerprint density at radius 3 is 2.57 bits per heavy atom. The van der Waals surface area contributed by atoms with Gasteiger partial charge in [0.25, 0.3) is 11.6 Å². The predicted molar refractivity (Wildman–Crippen MR) is 103 cm³/mol. The minimum atomic E-state index is -0.652. The summed E-state index contributed by atoms with van der Waals surface area (Å²) >= 11 is 0. The normalized spacial score (nSPS) is 10.2. The second-order valence-electron chi connectivity index (χ2n) is 6.30. The molecule has 0 aliphatic rings. The van der Waals surface area contributed by atoms with Crippen LogP contribution in [0.4, 0.5) is 11.4 Å². The third-order valence-electron chi connectivity index (χ3n) is 3.98. The van der Waals surface area contributed by atoms with E-state index in [4.69, 9.17) is 9.47 Å². The highest BCUT2D eigenvalue weighted by molar-refractivity contribution is 5.95.